The Morgan fingerprint density at radius 2 is 1.90 bits per heavy atom. The Balaban J connectivity index is 1.13. The van der Waals surface area contributed by atoms with E-state index in [1.54, 1.807) is 11.1 Å². The lowest BCUT2D eigenvalue weighted by Gasteiger charge is -2.44. The van der Waals surface area contributed by atoms with Crippen molar-refractivity contribution in [3.8, 4) is 0 Å². The monoisotopic (exact) mass is 780 g/mol. The molecule has 3 aliphatic carbocycles. The van der Waals surface area contributed by atoms with Gasteiger partial charge in [0, 0.05) is 43.5 Å². The molecule has 6 nitrogen and oxygen atoms in total. The number of hydrogen-bond donors (Lipinski definition) is 1. The second-order valence-electron chi connectivity index (χ2n) is 14.1. The lowest BCUT2D eigenvalue weighted by Crippen LogP contribution is -2.48. The maximum absolute atomic E-state index is 4.72. The molecule has 0 radical (unpaired) electrons. The highest BCUT2D eigenvalue weighted by atomic mass is 127. The second kappa shape index (κ2) is 10.9. The van der Waals surface area contributed by atoms with Gasteiger partial charge in [0.1, 0.15) is 18.3 Å². The summed E-state index contributed by atoms with van der Waals surface area (Å²) in [5.41, 5.74) is 11.7. The van der Waals surface area contributed by atoms with Crippen molar-refractivity contribution in [1.29, 1.82) is 0 Å². The van der Waals surface area contributed by atoms with Gasteiger partial charge in [0.25, 0.3) is 0 Å². The maximum atomic E-state index is 4.72. The summed E-state index contributed by atoms with van der Waals surface area (Å²) >= 11 is 5.24. The van der Waals surface area contributed by atoms with E-state index in [4.69, 9.17) is 6.58 Å². The number of nitrogens with one attached hydrogen (secondary N) is 1. The van der Waals surface area contributed by atoms with Gasteiger partial charge in [0.15, 0.2) is 0 Å². The average Bonchev–Trinajstić information content (AvgIpc) is 3.13. The normalized spacial score (nSPS) is 34.4. The third kappa shape index (κ3) is 5.34. The number of rotatable bonds is 7. The Kier molecular flexibility index (Phi) is 7.61. The molecule has 8 heteroatoms. The van der Waals surface area contributed by atoms with Crippen LogP contribution in [0.1, 0.15) is 78.1 Å². The Labute approximate surface area is 274 Å². The SMILES string of the molecule is C=C1N2C=C(CN3CCCCCC3)C=C(C(C)(I)I)C2=CN1C1CCCC(C(C2=C3C[C@]3(C)C2)C2NN=CN2C)C1. The van der Waals surface area contributed by atoms with E-state index in [1.165, 1.54) is 94.1 Å². The van der Waals surface area contributed by atoms with Crippen LogP contribution < -0.4 is 5.43 Å². The lowest BCUT2D eigenvalue weighted by atomic mass is 9.68. The summed E-state index contributed by atoms with van der Waals surface area (Å²) in [6, 6.07) is 0.490. The molecule has 0 aromatic carbocycles. The van der Waals surface area contributed by atoms with Crippen LogP contribution in [0.2, 0.25) is 0 Å². The Morgan fingerprint density at radius 1 is 1.12 bits per heavy atom. The van der Waals surface area contributed by atoms with Gasteiger partial charge in [-0.25, -0.2) is 0 Å². The van der Waals surface area contributed by atoms with Crippen LogP contribution in [0, 0.1) is 17.3 Å². The first-order valence-electron chi connectivity index (χ1n) is 15.9. The van der Waals surface area contributed by atoms with Gasteiger partial charge in [-0.2, -0.15) is 5.10 Å². The quantitative estimate of drug-likeness (QED) is 0.167. The molecular weight excluding hydrogens is 734 g/mol. The minimum Gasteiger partial charge on any atom is -0.342 e. The molecule has 1 N–H and O–H groups in total. The van der Waals surface area contributed by atoms with Crippen molar-refractivity contribution in [2.24, 2.45) is 22.4 Å². The molecule has 0 bridgehead atoms. The zero-order valence-electron chi connectivity index (χ0n) is 25.0. The first-order valence-corrected chi connectivity index (χ1v) is 18.0. The van der Waals surface area contributed by atoms with Crippen LogP contribution in [-0.2, 0) is 0 Å². The summed E-state index contributed by atoms with van der Waals surface area (Å²) < 4.78 is 0.0160. The van der Waals surface area contributed by atoms with Crippen LogP contribution in [0.15, 0.2) is 64.0 Å². The maximum Gasteiger partial charge on any atom is 0.122 e. The topological polar surface area (TPSA) is 37.4 Å². The molecule has 7 rings (SSSR count). The first kappa shape index (κ1) is 28.7. The second-order valence-corrected chi connectivity index (χ2v) is 20.4. The van der Waals surface area contributed by atoms with E-state index in [-0.39, 0.29) is 7.59 Å². The highest BCUT2D eigenvalue weighted by Gasteiger charge is 2.58. The molecule has 2 saturated carbocycles. The zero-order chi connectivity index (χ0) is 28.5. The third-order valence-corrected chi connectivity index (χ3v) is 12.1. The number of halogens is 2. The molecule has 0 aromatic rings. The fraction of sp³-hybridized carbons (Fsp3) is 0.667. The van der Waals surface area contributed by atoms with Gasteiger partial charge in [0.2, 0.25) is 0 Å². The van der Waals surface area contributed by atoms with Crippen LogP contribution >= 0.6 is 45.2 Å². The largest absolute Gasteiger partial charge is 0.342 e. The van der Waals surface area contributed by atoms with Gasteiger partial charge in [-0.1, -0.05) is 89.1 Å². The molecule has 4 heterocycles. The van der Waals surface area contributed by atoms with E-state index in [2.05, 4.69) is 115 Å². The fourth-order valence-corrected chi connectivity index (χ4v) is 9.47. The Bertz CT molecular complexity index is 1250. The van der Waals surface area contributed by atoms with E-state index in [1.807, 2.05) is 6.34 Å². The number of hydrogen-bond acceptors (Lipinski definition) is 6. The Hall–Kier alpha value is -1.01. The number of nitrogens with zero attached hydrogens (tertiary/aromatic N) is 5. The molecule has 4 unspecified atom stereocenters. The van der Waals surface area contributed by atoms with Gasteiger partial charge < -0.3 is 14.7 Å². The van der Waals surface area contributed by atoms with Crippen molar-refractivity contribution < 1.29 is 0 Å². The minimum absolute atomic E-state index is 0.0160. The molecule has 7 aliphatic rings. The molecular formula is C33H46I2N6. The average molecular weight is 781 g/mol. The van der Waals surface area contributed by atoms with Crippen LogP contribution in [-0.4, -0.2) is 66.3 Å². The molecule has 4 aliphatic heterocycles. The number of fused-ring (bicyclic) bond motifs is 2. The van der Waals surface area contributed by atoms with Crippen molar-refractivity contribution in [3.63, 3.8) is 0 Å². The highest BCUT2D eigenvalue weighted by Crippen LogP contribution is 2.69. The summed E-state index contributed by atoms with van der Waals surface area (Å²) in [4.78, 5) is 9.96. The van der Waals surface area contributed by atoms with E-state index in [9.17, 15) is 0 Å². The summed E-state index contributed by atoms with van der Waals surface area (Å²) in [6.45, 7) is 13.0. The van der Waals surface area contributed by atoms with Crippen LogP contribution in [0.4, 0.5) is 0 Å². The van der Waals surface area contributed by atoms with E-state index < -0.39 is 0 Å². The zero-order valence-corrected chi connectivity index (χ0v) is 29.3. The van der Waals surface area contributed by atoms with Crippen molar-refractivity contribution in [3.05, 3.63) is 58.9 Å². The summed E-state index contributed by atoms with van der Waals surface area (Å²) in [7, 11) is 2.19. The predicted octanol–water partition coefficient (Wildman–Crippen LogP) is 7.29. The predicted molar refractivity (Wildman–Crippen MR) is 185 cm³/mol. The smallest absolute Gasteiger partial charge is 0.122 e. The first-order chi connectivity index (χ1) is 19.6. The molecule has 0 spiro atoms. The summed E-state index contributed by atoms with van der Waals surface area (Å²) in [5, 5.41) is 4.47. The number of alkyl halides is 2. The summed E-state index contributed by atoms with van der Waals surface area (Å²) in [6.07, 6.45) is 22.7. The summed E-state index contributed by atoms with van der Waals surface area (Å²) in [5.74, 6) is 2.35. The highest BCUT2D eigenvalue weighted by molar-refractivity contribution is 14.2. The number of hydrazone groups is 1. The molecule has 0 amide bonds. The van der Waals surface area contributed by atoms with Crippen molar-refractivity contribution >= 4 is 51.5 Å². The van der Waals surface area contributed by atoms with Gasteiger partial charge >= 0.3 is 0 Å². The van der Waals surface area contributed by atoms with Gasteiger partial charge in [0.05, 0.1) is 7.13 Å². The molecule has 3 fully saturated rings. The van der Waals surface area contributed by atoms with Gasteiger partial charge in [-0.15, -0.1) is 0 Å². The molecule has 1 saturated heterocycles. The lowest BCUT2D eigenvalue weighted by molar-refractivity contribution is 0.120. The van der Waals surface area contributed by atoms with Crippen LogP contribution in [0.5, 0.6) is 0 Å². The molecule has 222 valence electrons. The van der Waals surface area contributed by atoms with E-state index >= 15 is 0 Å². The number of allylic oxidation sites excluding steroid dienone is 2. The number of likely N-dealkylation sites (tertiary alicyclic amines) is 1. The molecule has 41 heavy (non-hydrogen) atoms. The standard InChI is InChI=1S/C33H46I2N6/c1-22-40(20-29-27(33(3,34)35)14-23(19-41(22)29)18-39-12-7-5-6-8-13-39)25-11-9-10-24(15-25)30(31-37-36-21-38(31)4)26-16-32(2)17-28(26)32/h14,19-21,24-25,30-31,37H,1,5-13,15-18H2,2-4H3/t24?,25?,30?,31?,32-/m0/s1. The fourth-order valence-electron chi connectivity index (χ4n) is 8.61. The van der Waals surface area contributed by atoms with Crippen molar-refractivity contribution in [2.45, 2.75) is 91.7 Å². The van der Waals surface area contributed by atoms with Gasteiger partial charge in [-0.3, -0.25) is 10.3 Å². The third-order valence-electron chi connectivity index (χ3n) is 10.9. The molecule has 0 aromatic heterocycles. The molecule has 5 atom stereocenters. The van der Waals surface area contributed by atoms with Crippen LogP contribution in [0.3, 0.4) is 0 Å². The van der Waals surface area contributed by atoms with Crippen molar-refractivity contribution in [2.75, 3.05) is 26.7 Å². The minimum atomic E-state index is 0.0160. The van der Waals surface area contributed by atoms with E-state index in [0.29, 0.717) is 23.3 Å². The van der Waals surface area contributed by atoms with Crippen LogP contribution in [0.25, 0.3) is 0 Å². The van der Waals surface area contributed by atoms with Gasteiger partial charge in [-0.05, 0) is 87.9 Å². The Morgan fingerprint density at radius 3 is 2.54 bits per heavy atom. The van der Waals surface area contributed by atoms with Crippen molar-refractivity contribution in [1.82, 2.24) is 25.0 Å². The van der Waals surface area contributed by atoms with E-state index in [0.717, 1.165) is 12.4 Å².